The van der Waals surface area contributed by atoms with Gasteiger partial charge in [0.05, 0.1) is 11.6 Å². The Kier molecular flexibility index (Phi) is 7.83. The molecule has 3 N–H and O–H groups in total. The lowest BCUT2D eigenvalue weighted by Gasteiger charge is -2.19. The lowest BCUT2D eigenvalue weighted by molar-refractivity contribution is -0.123. The molecule has 174 valence electrons. The first-order chi connectivity index (χ1) is 16.3. The molecule has 0 fully saturated rings. The van der Waals surface area contributed by atoms with Crippen molar-refractivity contribution in [2.24, 2.45) is 5.92 Å². The average Bonchev–Trinajstić information content (AvgIpc) is 3.36. The molecule has 0 spiro atoms. The van der Waals surface area contributed by atoms with Crippen LogP contribution < -0.4 is 16.0 Å². The van der Waals surface area contributed by atoms with Crippen molar-refractivity contribution in [3.05, 3.63) is 83.1 Å². The molecule has 0 saturated heterocycles. The van der Waals surface area contributed by atoms with Gasteiger partial charge >= 0.3 is 0 Å². The number of benzene rings is 2. The summed E-state index contributed by atoms with van der Waals surface area (Å²) in [4.78, 5) is 37.0. The van der Waals surface area contributed by atoms with Crippen molar-refractivity contribution in [1.29, 1.82) is 5.26 Å². The summed E-state index contributed by atoms with van der Waals surface area (Å²) in [6.07, 6.45) is 0. The van der Waals surface area contributed by atoms with E-state index in [1.165, 1.54) is 7.05 Å². The largest absolute Gasteiger partial charge is 0.451 e. The molecule has 3 rings (SSSR count). The zero-order valence-electron chi connectivity index (χ0n) is 19.2. The van der Waals surface area contributed by atoms with Gasteiger partial charge in [-0.15, -0.1) is 0 Å². The highest BCUT2D eigenvalue weighted by Crippen LogP contribution is 2.23. The van der Waals surface area contributed by atoms with Gasteiger partial charge in [0.15, 0.2) is 5.76 Å². The second kappa shape index (κ2) is 11.0. The second-order valence-corrected chi connectivity index (χ2v) is 8.05. The summed E-state index contributed by atoms with van der Waals surface area (Å²) in [5.74, 6) is -0.488. The average molecular weight is 459 g/mol. The molecule has 0 radical (unpaired) electrons. The molecule has 0 aliphatic rings. The van der Waals surface area contributed by atoms with Gasteiger partial charge in [0, 0.05) is 24.7 Å². The van der Waals surface area contributed by atoms with E-state index in [0.717, 1.165) is 11.1 Å². The predicted molar refractivity (Wildman–Crippen MR) is 127 cm³/mol. The smallest absolute Gasteiger partial charge is 0.287 e. The maximum absolute atomic E-state index is 12.6. The summed E-state index contributed by atoms with van der Waals surface area (Å²) in [6, 6.07) is 18.4. The van der Waals surface area contributed by atoms with E-state index in [-0.39, 0.29) is 23.5 Å². The van der Waals surface area contributed by atoms with E-state index < -0.39 is 11.9 Å². The molecule has 2 aromatic carbocycles. The fraction of sp³-hybridized carbons (Fsp3) is 0.231. The van der Waals surface area contributed by atoms with Crippen LogP contribution in [-0.4, -0.2) is 30.8 Å². The highest BCUT2D eigenvalue weighted by molar-refractivity contribution is 5.96. The van der Waals surface area contributed by atoms with Crippen LogP contribution in [-0.2, 0) is 11.3 Å². The van der Waals surface area contributed by atoms with Gasteiger partial charge in [-0.2, -0.15) is 5.26 Å². The summed E-state index contributed by atoms with van der Waals surface area (Å²) in [7, 11) is 1.52. The number of furan rings is 1. The van der Waals surface area contributed by atoms with Crippen LogP contribution in [0.3, 0.4) is 0 Å². The molecule has 0 aliphatic heterocycles. The third-order valence-corrected chi connectivity index (χ3v) is 5.25. The maximum atomic E-state index is 12.6. The minimum Gasteiger partial charge on any atom is -0.451 e. The Balaban J connectivity index is 1.66. The number of likely N-dealkylation sites (N-methyl/N-ethyl adjacent to an activating group) is 1. The van der Waals surface area contributed by atoms with Gasteiger partial charge in [0.1, 0.15) is 11.8 Å². The number of amides is 3. The molecule has 34 heavy (non-hydrogen) atoms. The van der Waals surface area contributed by atoms with Gasteiger partial charge in [-0.1, -0.05) is 32.0 Å². The van der Waals surface area contributed by atoms with Crippen molar-refractivity contribution in [2.75, 3.05) is 7.05 Å². The van der Waals surface area contributed by atoms with E-state index >= 15 is 0 Å². The van der Waals surface area contributed by atoms with Crippen LogP contribution in [0.15, 0.2) is 65.1 Å². The second-order valence-electron chi connectivity index (χ2n) is 8.05. The van der Waals surface area contributed by atoms with Gasteiger partial charge in [-0.3, -0.25) is 14.4 Å². The Labute approximate surface area is 198 Å². The van der Waals surface area contributed by atoms with Gasteiger partial charge in [0.25, 0.3) is 11.8 Å². The standard InChI is InChI=1S/C26H26N4O4/c1-16(2)23(26(33)28-3)30-25(32)22-12-11-21(34-22)20-6-4-5-18(13-20)15-29-24(31)19-9-7-17(14-27)8-10-19/h4-13,16,23H,15H2,1-3H3,(H,28,33)(H,29,31)(H,30,32)/t23-/m0/s1. The Hall–Kier alpha value is -4.38. The van der Waals surface area contributed by atoms with Gasteiger partial charge in [0.2, 0.25) is 5.91 Å². The Morgan fingerprint density at radius 1 is 1.00 bits per heavy atom. The van der Waals surface area contributed by atoms with E-state index in [0.29, 0.717) is 23.4 Å². The van der Waals surface area contributed by atoms with Crippen LogP contribution in [0.1, 0.15) is 45.9 Å². The molecule has 1 heterocycles. The molecule has 0 saturated carbocycles. The Morgan fingerprint density at radius 2 is 1.74 bits per heavy atom. The predicted octanol–water partition coefficient (Wildman–Crippen LogP) is 3.25. The lowest BCUT2D eigenvalue weighted by Crippen LogP contribution is -2.48. The van der Waals surface area contributed by atoms with Gasteiger partial charge in [-0.05, 0) is 53.9 Å². The molecule has 3 amide bonds. The van der Waals surface area contributed by atoms with Crippen molar-refractivity contribution in [1.82, 2.24) is 16.0 Å². The first-order valence-electron chi connectivity index (χ1n) is 10.8. The molecule has 0 aliphatic carbocycles. The number of carbonyl (C=O) groups excluding carboxylic acids is 3. The van der Waals surface area contributed by atoms with Crippen LogP contribution in [0.25, 0.3) is 11.3 Å². The molecule has 8 nitrogen and oxygen atoms in total. The van der Waals surface area contributed by atoms with Gasteiger partial charge in [-0.25, -0.2) is 0 Å². The van der Waals surface area contributed by atoms with Crippen molar-refractivity contribution in [3.8, 4) is 17.4 Å². The molecular weight excluding hydrogens is 432 g/mol. The van der Waals surface area contributed by atoms with Crippen molar-refractivity contribution in [2.45, 2.75) is 26.4 Å². The van der Waals surface area contributed by atoms with E-state index in [1.807, 2.05) is 44.2 Å². The highest BCUT2D eigenvalue weighted by Gasteiger charge is 2.25. The summed E-state index contributed by atoms with van der Waals surface area (Å²) in [5, 5.41) is 17.0. The SMILES string of the molecule is CNC(=O)[C@@H](NC(=O)c1ccc(-c2cccc(CNC(=O)c3ccc(C#N)cc3)c2)o1)C(C)C. The minimum atomic E-state index is -0.672. The van der Waals surface area contributed by atoms with Gasteiger partial charge < -0.3 is 20.4 Å². The molecule has 0 unspecified atom stereocenters. The third-order valence-electron chi connectivity index (χ3n) is 5.25. The van der Waals surface area contributed by atoms with Crippen LogP contribution >= 0.6 is 0 Å². The molecule has 0 bridgehead atoms. The van der Waals surface area contributed by atoms with Crippen molar-refractivity contribution in [3.63, 3.8) is 0 Å². The van der Waals surface area contributed by atoms with Crippen LogP contribution in [0.2, 0.25) is 0 Å². The number of carbonyl (C=O) groups is 3. The van der Waals surface area contributed by atoms with E-state index in [4.69, 9.17) is 9.68 Å². The first-order valence-corrected chi connectivity index (χ1v) is 10.8. The zero-order valence-corrected chi connectivity index (χ0v) is 19.2. The zero-order chi connectivity index (χ0) is 24.7. The molecular formula is C26H26N4O4. The van der Waals surface area contributed by atoms with Crippen molar-refractivity contribution < 1.29 is 18.8 Å². The number of nitrogens with one attached hydrogen (secondary N) is 3. The fourth-order valence-electron chi connectivity index (χ4n) is 3.33. The number of rotatable bonds is 8. The summed E-state index contributed by atoms with van der Waals surface area (Å²) >= 11 is 0. The first kappa shape index (κ1) is 24.3. The lowest BCUT2D eigenvalue weighted by atomic mass is 10.0. The highest BCUT2D eigenvalue weighted by atomic mass is 16.4. The van der Waals surface area contributed by atoms with E-state index in [2.05, 4.69) is 16.0 Å². The van der Waals surface area contributed by atoms with Crippen LogP contribution in [0, 0.1) is 17.2 Å². The van der Waals surface area contributed by atoms with Crippen LogP contribution in [0.5, 0.6) is 0 Å². The number of nitriles is 1. The quantitative estimate of drug-likeness (QED) is 0.478. The number of hydrogen-bond donors (Lipinski definition) is 3. The van der Waals surface area contributed by atoms with Crippen LogP contribution in [0.4, 0.5) is 0 Å². The monoisotopic (exact) mass is 458 g/mol. The molecule has 8 heteroatoms. The number of nitrogens with zero attached hydrogens (tertiary/aromatic N) is 1. The Morgan fingerprint density at radius 3 is 2.38 bits per heavy atom. The topological polar surface area (TPSA) is 124 Å². The maximum Gasteiger partial charge on any atom is 0.287 e. The molecule has 1 aromatic heterocycles. The van der Waals surface area contributed by atoms with E-state index in [9.17, 15) is 14.4 Å². The minimum absolute atomic E-state index is 0.0884. The summed E-state index contributed by atoms with van der Waals surface area (Å²) in [5.41, 5.74) is 2.55. The third kappa shape index (κ3) is 5.90. The van der Waals surface area contributed by atoms with Crippen molar-refractivity contribution >= 4 is 17.7 Å². The summed E-state index contributed by atoms with van der Waals surface area (Å²) in [6.45, 7) is 3.99. The molecule has 1 atom stereocenters. The Bertz CT molecular complexity index is 1220. The number of hydrogen-bond acceptors (Lipinski definition) is 5. The normalized spacial score (nSPS) is 11.4. The fourth-order valence-corrected chi connectivity index (χ4v) is 3.33. The van der Waals surface area contributed by atoms with E-state index in [1.54, 1.807) is 36.4 Å². The summed E-state index contributed by atoms with van der Waals surface area (Å²) < 4.78 is 5.74. The molecule has 3 aromatic rings.